The molecule has 31 heavy (non-hydrogen) atoms. The Bertz CT molecular complexity index is 1280. The number of pyridine rings is 1. The second-order valence-electron chi connectivity index (χ2n) is 7.80. The molecule has 0 amide bonds. The number of nitrogens with zero attached hydrogens (tertiary/aromatic N) is 6. The van der Waals surface area contributed by atoms with Crippen LogP contribution >= 0.6 is 0 Å². The summed E-state index contributed by atoms with van der Waals surface area (Å²) in [5.41, 5.74) is 1.37. The van der Waals surface area contributed by atoms with Crippen molar-refractivity contribution >= 4 is 22.4 Å². The van der Waals surface area contributed by atoms with Crippen LogP contribution in [0.5, 0.6) is 0 Å². The summed E-state index contributed by atoms with van der Waals surface area (Å²) in [5, 5.41) is 5.03. The van der Waals surface area contributed by atoms with Gasteiger partial charge < -0.3 is 9.80 Å². The number of rotatable bonds is 4. The predicted octanol–water partition coefficient (Wildman–Crippen LogP) is 3.63. The first kappa shape index (κ1) is 19.6. The Labute approximate surface area is 178 Å². The quantitative estimate of drug-likeness (QED) is 0.472. The SMILES string of the molecule is C=CC(c1c(F)cc2ncccc2c1F)c1cnc2ccc(N3CCN(C)CC3)nn12. The maximum absolute atomic E-state index is 15.4. The molecule has 1 aliphatic rings. The van der Waals surface area contributed by atoms with Gasteiger partial charge >= 0.3 is 0 Å². The van der Waals surface area contributed by atoms with E-state index in [-0.39, 0.29) is 16.5 Å². The third-order valence-electron chi connectivity index (χ3n) is 5.90. The van der Waals surface area contributed by atoms with Gasteiger partial charge in [-0.2, -0.15) is 0 Å². The lowest BCUT2D eigenvalue weighted by Gasteiger charge is -2.33. The van der Waals surface area contributed by atoms with Gasteiger partial charge in [-0.3, -0.25) is 4.98 Å². The first-order chi connectivity index (χ1) is 15.1. The predicted molar refractivity (Wildman–Crippen MR) is 116 cm³/mol. The number of piperazine rings is 1. The molecule has 0 N–H and O–H groups in total. The van der Waals surface area contributed by atoms with Crippen LogP contribution in [0.3, 0.4) is 0 Å². The zero-order valence-corrected chi connectivity index (χ0v) is 17.2. The maximum atomic E-state index is 15.4. The molecule has 0 spiro atoms. The molecule has 158 valence electrons. The van der Waals surface area contributed by atoms with E-state index in [4.69, 9.17) is 5.10 Å². The third-order valence-corrected chi connectivity index (χ3v) is 5.90. The lowest BCUT2D eigenvalue weighted by atomic mass is 9.93. The van der Waals surface area contributed by atoms with Gasteiger partial charge in [-0.05, 0) is 31.3 Å². The van der Waals surface area contributed by atoms with E-state index in [0.717, 1.165) is 32.0 Å². The van der Waals surface area contributed by atoms with E-state index in [1.807, 2.05) is 12.1 Å². The number of halogens is 2. The molecule has 1 fully saturated rings. The molecule has 5 rings (SSSR count). The summed E-state index contributed by atoms with van der Waals surface area (Å²) >= 11 is 0. The van der Waals surface area contributed by atoms with Crippen molar-refractivity contribution in [3.63, 3.8) is 0 Å². The van der Waals surface area contributed by atoms with Crippen LogP contribution in [0.4, 0.5) is 14.6 Å². The van der Waals surface area contributed by atoms with Gasteiger partial charge in [0, 0.05) is 49.4 Å². The van der Waals surface area contributed by atoms with Gasteiger partial charge in [-0.1, -0.05) is 6.08 Å². The summed E-state index contributed by atoms with van der Waals surface area (Å²) in [7, 11) is 2.10. The number of imidazole rings is 1. The minimum atomic E-state index is -0.755. The fraction of sp³-hybridized carbons (Fsp3) is 0.261. The van der Waals surface area contributed by atoms with E-state index in [9.17, 15) is 0 Å². The van der Waals surface area contributed by atoms with Crippen LogP contribution in [0.2, 0.25) is 0 Å². The molecular weight excluding hydrogens is 398 g/mol. The van der Waals surface area contributed by atoms with E-state index in [0.29, 0.717) is 11.3 Å². The van der Waals surface area contributed by atoms with Crippen molar-refractivity contribution in [2.75, 3.05) is 38.1 Å². The minimum Gasteiger partial charge on any atom is -0.353 e. The highest BCUT2D eigenvalue weighted by molar-refractivity contribution is 5.80. The van der Waals surface area contributed by atoms with Gasteiger partial charge in [-0.25, -0.2) is 18.3 Å². The summed E-state index contributed by atoms with van der Waals surface area (Å²) in [6, 6.07) is 8.30. The number of allylic oxidation sites excluding steroid dienone is 1. The lowest BCUT2D eigenvalue weighted by Crippen LogP contribution is -2.45. The largest absolute Gasteiger partial charge is 0.353 e. The van der Waals surface area contributed by atoms with Crippen LogP contribution in [0, 0.1) is 11.6 Å². The molecule has 3 aromatic heterocycles. The van der Waals surface area contributed by atoms with Crippen molar-refractivity contribution in [2.45, 2.75) is 5.92 Å². The van der Waals surface area contributed by atoms with Crippen molar-refractivity contribution in [3.05, 3.63) is 78.3 Å². The smallest absolute Gasteiger partial charge is 0.153 e. The summed E-state index contributed by atoms with van der Waals surface area (Å²) in [4.78, 5) is 12.9. The van der Waals surface area contributed by atoms with Gasteiger partial charge in [0.2, 0.25) is 0 Å². The molecule has 4 aromatic rings. The Kier molecular flexibility index (Phi) is 4.86. The van der Waals surface area contributed by atoms with Crippen LogP contribution in [0.15, 0.2) is 55.4 Å². The second-order valence-corrected chi connectivity index (χ2v) is 7.80. The van der Waals surface area contributed by atoms with E-state index in [1.54, 1.807) is 22.8 Å². The van der Waals surface area contributed by atoms with Gasteiger partial charge in [-0.15, -0.1) is 11.7 Å². The van der Waals surface area contributed by atoms with Crippen LogP contribution in [0.1, 0.15) is 17.2 Å². The summed E-state index contributed by atoms with van der Waals surface area (Å²) in [5.74, 6) is -1.25. The fourth-order valence-corrected chi connectivity index (χ4v) is 4.14. The van der Waals surface area contributed by atoms with Crippen LogP contribution in [-0.2, 0) is 0 Å². The number of fused-ring (bicyclic) bond motifs is 2. The molecule has 0 aliphatic carbocycles. The van der Waals surface area contributed by atoms with Crippen molar-refractivity contribution in [2.24, 2.45) is 0 Å². The van der Waals surface area contributed by atoms with E-state index in [2.05, 4.69) is 33.4 Å². The zero-order valence-electron chi connectivity index (χ0n) is 17.2. The lowest BCUT2D eigenvalue weighted by molar-refractivity contribution is 0.311. The first-order valence-corrected chi connectivity index (χ1v) is 10.2. The Morgan fingerprint density at radius 2 is 1.90 bits per heavy atom. The molecule has 6 nitrogen and oxygen atoms in total. The third kappa shape index (κ3) is 3.33. The first-order valence-electron chi connectivity index (χ1n) is 10.2. The molecular formula is C23H22F2N6. The van der Waals surface area contributed by atoms with Gasteiger partial charge in [0.05, 0.1) is 23.3 Å². The Balaban J connectivity index is 1.62. The molecule has 1 aliphatic heterocycles. The highest BCUT2D eigenvalue weighted by Gasteiger charge is 2.26. The van der Waals surface area contributed by atoms with Gasteiger partial charge in [0.25, 0.3) is 0 Å². The Hall–Kier alpha value is -3.39. The van der Waals surface area contributed by atoms with Gasteiger partial charge in [0.15, 0.2) is 5.65 Å². The zero-order chi connectivity index (χ0) is 21.5. The van der Waals surface area contributed by atoms with E-state index in [1.165, 1.54) is 18.3 Å². The number of anilines is 1. The monoisotopic (exact) mass is 420 g/mol. The van der Waals surface area contributed by atoms with Crippen LogP contribution in [0.25, 0.3) is 16.6 Å². The van der Waals surface area contributed by atoms with Crippen molar-refractivity contribution in [1.82, 2.24) is 24.5 Å². The summed E-state index contributed by atoms with van der Waals surface area (Å²) in [6.07, 6.45) is 4.65. The number of benzene rings is 1. The van der Waals surface area contributed by atoms with Crippen molar-refractivity contribution < 1.29 is 8.78 Å². The molecule has 1 atom stereocenters. The molecule has 8 heteroatoms. The molecule has 0 saturated carbocycles. The Morgan fingerprint density at radius 3 is 2.68 bits per heavy atom. The Morgan fingerprint density at radius 1 is 1.10 bits per heavy atom. The van der Waals surface area contributed by atoms with E-state index < -0.39 is 17.6 Å². The molecule has 0 radical (unpaired) electrons. The van der Waals surface area contributed by atoms with Crippen molar-refractivity contribution in [1.29, 1.82) is 0 Å². The van der Waals surface area contributed by atoms with E-state index >= 15 is 8.78 Å². The van der Waals surface area contributed by atoms with Crippen LogP contribution < -0.4 is 4.90 Å². The highest BCUT2D eigenvalue weighted by Crippen LogP contribution is 2.34. The molecule has 1 saturated heterocycles. The number of hydrogen-bond donors (Lipinski definition) is 0. The average Bonchev–Trinajstić information content (AvgIpc) is 3.20. The topological polar surface area (TPSA) is 49.6 Å². The fourth-order valence-electron chi connectivity index (χ4n) is 4.14. The normalized spacial score (nSPS) is 16.2. The minimum absolute atomic E-state index is 0.0795. The molecule has 0 bridgehead atoms. The van der Waals surface area contributed by atoms with Crippen molar-refractivity contribution in [3.8, 4) is 0 Å². The van der Waals surface area contributed by atoms with Gasteiger partial charge in [0.1, 0.15) is 17.5 Å². The molecule has 4 heterocycles. The maximum Gasteiger partial charge on any atom is 0.153 e. The average molecular weight is 420 g/mol. The summed E-state index contributed by atoms with van der Waals surface area (Å²) in [6.45, 7) is 7.48. The molecule has 1 unspecified atom stereocenters. The molecule has 1 aromatic carbocycles. The summed E-state index contributed by atoms with van der Waals surface area (Å²) < 4.78 is 32.1. The standard InChI is InChI=1S/C23H22F2N6/c1-3-15(22-17(24)13-18-16(23(22)25)5-4-8-26-18)19-14-27-20-6-7-21(28-31(19)20)30-11-9-29(2)10-12-30/h3-8,13-15H,1,9-12H2,2H3. The number of likely N-dealkylation sites (N-methyl/N-ethyl adjacent to an activating group) is 1. The van der Waals surface area contributed by atoms with Crippen LogP contribution in [-0.4, -0.2) is 57.7 Å². The second kappa shape index (κ2) is 7.70. The number of hydrogen-bond acceptors (Lipinski definition) is 5. The highest BCUT2D eigenvalue weighted by atomic mass is 19.1. The number of aromatic nitrogens is 4.